The minimum atomic E-state index is 0.337. The first-order valence-corrected chi connectivity index (χ1v) is 5.19. The molecular weight excluding hydrogens is 186 g/mol. The summed E-state index contributed by atoms with van der Waals surface area (Å²) < 4.78 is 1.90. The van der Waals surface area contributed by atoms with Crippen molar-refractivity contribution in [2.45, 2.75) is 19.9 Å². The van der Waals surface area contributed by atoms with Crippen LogP contribution < -0.4 is 0 Å². The Labute approximate surface area is 89.5 Å². The molecule has 0 atom stereocenters. The Bertz CT molecular complexity index is 496. The molecule has 2 rings (SSSR count). The number of hydrogen-bond acceptors (Lipinski definition) is 1. The Morgan fingerprint density at radius 1 is 1.47 bits per heavy atom. The van der Waals surface area contributed by atoms with Crippen molar-refractivity contribution in [3.63, 3.8) is 0 Å². The first kappa shape index (κ1) is 9.84. The van der Waals surface area contributed by atoms with Crippen LogP contribution in [0.2, 0.25) is 0 Å². The number of fused-ring (bicyclic) bond motifs is 1. The summed E-state index contributed by atoms with van der Waals surface area (Å²) in [6, 6.07) is 7.96. The van der Waals surface area contributed by atoms with E-state index in [1.54, 1.807) is 0 Å². The molecule has 78 valence electrons. The molecule has 2 nitrogen and oxygen atoms in total. The van der Waals surface area contributed by atoms with E-state index >= 15 is 0 Å². The van der Waals surface area contributed by atoms with Crippen molar-refractivity contribution in [2.24, 2.45) is 0 Å². The summed E-state index contributed by atoms with van der Waals surface area (Å²) in [5.41, 5.74) is 2.30. The van der Waals surface area contributed by atoms with Crippen molar-refractivity contribution in [3.05, 3.63) is 42.5 Å². The quantitative estimate of drug-likeness (QED) is 0.758. The van der Waals surface area contributed by atoms with E-state index in [1.165, 1.54) is 5.56 Å². The maximum Gasteiger partial charge on any atom is 0.192 e. The van der Waals surface area contributed by atoms with Gasteiger partial charge in [0.05, 0.1) is 5.52 Å². The second kappa shape index (κ2) is 3.81. The van der Waals surface area contributed by atoms with E-state index in [0.29, 0.717) is 5.88 Å². The third-order valence-electron chi connectivity index (χ3n) is 2.69. The summed E-state index contributed by atoms with van der Waals surface area (Å²) in [6.07, 6.45) is 2.72. The molecule has 1 aromatic heterocycles. The van der Waals surface area contributed by atoms with Crippen LogP contribution in [0.3, 0.4) is 0 Å². The summed E-state index contributed by atoms with van der Waals surface area (Å²) in [7, 11) is 0. The second-order valence-electron chi connectivity index (χ2n) is 3.59. The van der Waals surface area contributed by atoms with Gasteiger partial charge in [0.1, 0.15) is 0 Å². The van der Waals surface area contributed by atoms with Crippen molar-refractivity contribution in [1.82, 2.24) is 4.57 Å². The zero-order valence-corrected chi connectivity index (χ0v) is 8.90. The van der Waals surface area contributed by atoms with Crippen LogP contribution in [0.25, 0.3) is 10.9 Å². The molecule has 0 spiro atoms. The van der Waals surface area contributed by atoms with Crippen molar-refractivity contribution >= 4 is 10.9 Å². The highest BCUT2D eigenvalue weighted by Crippen LogP contribution is 2.27. The van der Waals surface area contributed by atoms with E-state index in [0.717, 1.165) is 23.9 Å². The zero-order valence-electron chi connectivity index (χ0n) is 8.90. The largest absolute Gasteiger partial charge is 0.494 e. The first-order valence-electron chi connectivity index (χ1n) is 5.19. The van der Waals surface area contributed by atoms with Gasteiger partial charge in [-0.1, -0.05) is 18.2 Å². The molecule has 0 aliphatic rings. The van der Waals surface area contributed by atoms with Gasteiger partial charge in [0.2, 0.25) is 0 Å². The molecule has 0 saturated carbocycles. The molecule has 0 amide bonds. The molecule has 1 N–H and O–H groups in total. The summed E-state index contributed by atoms with van der Waals surface area (Å²) in [6.45, 7) is 6.55. The number of nitrogens with zero attached hydrogens (tertiary/aromatic N) is 1. The highest BCUT2D eigenvalue weighted by Gasteiger charge is 2.08. The lowest BCUT2D eigenvalue weighted by atomic mass is 10.1. The van der Waals surface area contributed by atoms with Gasteiger partial charge in [-0.2, -0.15) is 0 Å². The van der Waals surface area contributed by atoms with Crippen LogP contribution in [-0.4, -0.2) is 9.67 Å². The molecule has 0 unspecified atom stereocenters. The van der Waals surface area contributed by atoms with Gasteiger partial charge < -0.3 is 9.67 Å². The van der Waals surface area contributed by atoms with Crippen LogP contribution in [-0.2, 0) is 13.0 Å². The molecule has 0 aliphatic heterocycles. The minimum absolute atomic E-state index is 0.337. The monoisotopic (exact) mass is 201 g/mol. The molecule has 2 aromatic rings. The van der Waals surface area contributed by atoms with Gasteiger partial charge >= 0.3 is 0 Å². The average Bonchev–Trinajstić information content (AvgIpc) is 2.55. The van der Waals surface area contributed by atoms with Crippen molar-refractivity contribution in [3.8, 4) is 5.88 Å². The highest BCUT2D eigenvalue weighted by molar-refractivity contribution is 5.85. The maximum atomic E-state index is 9.76. The van der Waals surface area contributed by atoms with Crippen molar-refractivity contribution in [1.29, 1.82) is 0 Å². The third-order valence-corrected chi connectivity index (χ3v) is 2.69. The van der Waals surface area contributed by atoms with Crippen molar-refractivity contribution < 1.29 is 5.11 Å². The smallest absolute Gasteiger partial charge is 0.192 e. The average molecular weight is 201 g/mol. The number of aromatic hydroxyl groups is 1. The number of aryl methyl sites for hydroxylation is 1. The standard InChI is InChI=1S/C13H15NO/c1-3-6-10-7-5-8-12-11(10)9-13(15)14(12)4-2/h3,5,7-9,15H,1,4,6H2,2H3. The fraction of sp³-hybridized carbons (Fsp3) is 0.231. The van der Waals surface area contributed by atoms with E-state index in [4.69, 9.17) is 0 Å². The van der Waals surface area contributed by atoms with Gasteiger partial charge in [-0.05, 0) is 25.0 Å². The lowest BCUT2D eigenvalue weighted by molar-refractivity contribution is 0.425. The summed E-state index contributed by atoms with van der Waals surface area (Å²) in [5, 5.41) is 10.9. The van der Waals surface area contributed by atoms with Gasteiger partial charge in [-0.3, -0.25) is 0 Å². The summed E-state index contributed by atoms with van der Waals surface area (Å²) in [4.78, 5) is 0. The topological polar surface area (TPSA) is 25.2 Å². The van der Waals surface area contributed by atoms with Gasteiger partial charge in [0.25, 0.3) is 0 Å². The molecule has 15 heavy (non-hydrogen) atoms. The fourth-order valence-electron chi connectivity index (χ4n) is 2.00. The normalized spacial score (nSPS) is 10.7. The summed E-state index contributed by atoms with van der Waals surface area (Å²) >= 11 is 0. The Kier molecular flexibility index (Phi) is 2.50. The van der Waals surface area contributed by atoms with E-state index < -0.39 is 0 Å². The summed E-state index contributed by atoms with van der Waals surface area (Å²) in [5.74, 6) is 0.337. The Morgan fingerprint density at radius 2 is 2.27 bits per heavy atom. The molecule has 0 saturated heterocycles. The van der Waals surface area contributed by atoms with E-state index in [1.807, 2.05) is 35.8 Å². The molecule has 1 heterocycles. The molecular formula is C13H15NO. The predicted molar refractivity (Wildman–Crippen MR) is 63.2 cm³/mol. The zero-order chi connectivity index (χ0) is 10.8. The minimum Gasteiger partial charge on any atom is -0.494 e. The Morgan fingerprint density at radius 3 is 2.93 bits per heavy atom. The van der Waals surface area contributed by atoms with Gasteiger partial charge in [0, 0.05) is 18.0 Å². The molecule has 0 bridgehead atoms. The Balaban J connectivity index is 2.71. The SMILES string of the molecule is C=CCc1cccc2c1cc(O)n2CC. The number of rotatable bonds is 3. The lowest BCUT2D eigenvalue weighted by Gasteiger charge is -2.03. The molecule has 0 fully saturated rings. The van der Waals surface area contributed by atoms with Gasteiger partial charge in [0.15, 0.2) is 5.88 Å². The van der Waals surface area contributed by atoms with Crippen LogP contribution in [0.1, 0.15) is 12.5 Å². The van der Waals surface area contributed by atoms with Crippen LogP contribution in [0, 0.1) is 0 Å². The number of benzene rings is 1. The van der Waals surface area contributed by atoms with Crippen LogP contribution in [0.5, 0.6) is 5.88 Å². The number of hydrogen-bond donors (Lipinski definition) is 1. The van der Waals surface area contributed by atoms with E-state index in [-0.39, 0.29) is 0 Å². The van der Waals surface area contributed by atoms with Gasteiger partial charge in [-0.25, -0.2) is 0 Å². The van der Waals surface area contributed by atoms with Crippen LogP contribution >= 0.6 is 0 Å². The predicted octanol–water partition coefficient (Wildman–Crippen LogP) is 3.10. The van der Waals surface area contributed by atoms with Crippen molar-refractivity contribution in [2.75, 3.05) is 0 Å². The molecule has 1 aromatic carbocycles. The van der Waals surface area contributed by atoms with Crippen LogP contribution in [0.4, 0.5) is 0 Å². The first-order chi connectivity index (χ1) is 7.27. The number of aromatic nitrogens is 1. The number of allylic oxidation sites excluding steroid dienone is 1. The third kappa shape index (κ3) is 1.52. The molecule has 0 aliphatic carbocycles. The van der Waals surface area contributed by atoms with E-state index in [2.05, 4.69) is 12.6 Å². The highest BCUT2D eigenvalue weighted by atomic mass is 16.3. The molecule has 2 heteroatoms. The fourth-order valence-corrected chi connectivity index (χ4v) is 2.00. The molecule has 0 radical (unpaired) electrons. The maximum absolute atomic E-state index is 9.76. The second-order valence-corrected chi connectivity index (χ2v) is 3.59. The Hall–Kier alpha value is -1.70. The van der Waals surface area contributed by atoms with Crippen LogP contribution in [0.15, 0.2) is 36.9 Å². The van der Waals surface area contributed by atoms with E-state index in [9.17, 15) is 5.11 Å². The van der Waals surface area contributed by atoms with Gasteiger partial charge in [-0.15, -0.1) is 6.58 Å². The lowest BCUT2D eigenvalue weighted by Crippen LogP contribution is -1.92.